The van der Waals surface area contributed by atoms with E-state index in [4.69, 9.17) is 0 Å². The maximum absolute atomic E-state index is 13.1. The van der Waals surface area contributed by atoms with Crippen LogP contribution in [0.15, 0.2) is 36.0 Å². The predicted octanol–water partition coefficient (Wildman–Crippen LogP) is 3.35. The molecule has 3 aromatic rings. The quantitative estimate of drug-likeness (QED) is 0.757. The summed E-state index contributed by atoms with van der Waals surface area (Å²) in [7, 11) is 0. The summed E-state index contributed by atoms with van der Waals surface area (Å²) in [5, 5.41) is 4.95. The van der Waals surface area contributed by atoms with Crippen molar-refractivity contribution in [1.29, 1.82) is 0 Å². The molecule has 0 saturated carbocycles. The number of carbonyl (C=O) groups excluding carboxylic acids is 1. The molecule has 0 aliphatic carbocycles. The topological polar surface area (TPSA) is 71.0 Å². The van der Waals surface area contributed by atoms with Gasteiger partial charge in [0.1, 0.15) is 0 Å². The number of fused-ring (bicyclic) bond motifs is 1. The number of anilines is 1. The van der Waals surface area contributed by atoms with Gasteiger partial charge in [0.15, 0.2) is 5.69 Å². The SMILES string of the molecule is C[C@H](Nc1nc(C(=O)N2CC(F)(F)C2)c2sccc2n1)c1cccnc1. The van der Waals surface area contributed by atoms with E-state index in [1.807, 2.05) is 19.1 Å². The third-order valence-electron chi connectivity index (χ3n) is 4.17. The second-order valence-electron chi connectivity index (χ2n) is 6.20. The van der Waals surface area contributed by atoms with E-state index in [-0.39, 0.29) is 17.7 Å². The fourth-order valence-electron chi connectivity index (χ4n) is 2.79. The number of likely N-dealkylation sites (tertiary alicyclic amines) is 1. The molecule has 1 amide bonds. The molecule has 0 radical (unpaired) electrons. The molecular formula is C17H15F2N5OS. The first-order valence-electron chi connectivity index (χ1n) is 8.02. The number of rotatable bonds is 4. The lowest BCUT2D eigenvalue weighted by molar-refractivity contribution is -0.113. The van der Waals surface area contributed by atoms with E-state index in [2.05, 4.69) is 20.3 Å². The highest BCUT2D eigenvalue weighted by atomic mass is 32.1. The van der Waals surface area contributed by atoms with Crippen molar-refractivity contribution in [2.75, 3.05) is 18.4 Å². The predicted molar refractivity (Wildman–Crippen MR) is 94.5 cm³/mol. The summed E-state index contributed by atoms with van der Waals surface area (Å²) in [5.41, 5.74) is 1.71. The van der Waals surface area contributed by atoms with E-state index in [1.54, 1.807) is 23.8 Å². The maximum Gasteiger partial charge on any atom is 0.282 e. The minimum Gasteiger partial charge on any atom is -0.348 e. The number of halogens is 2. The molecular weight excluding hydrogens is 360 g/mol. The average Bonchev–Trinajstić information content (AvgIpc) is 3.07. The zero-order chi connectivity index (χ0) is 18.3. The highest BCUT2D eigenvalue weighted by molar-refractivity contribution is 7.17. The van der Waals surface area contributed by atoms with Crippen molar-refractivity contribution in [2.24, 2.45) is 0 Å². The van der Waals surface area contributed by atoms with Gasteiger partial charge in [0.25, 0.3) is 11.8 Å². The summed E-state index contributed by atoms with van der Waals surface area (Å²) >= 11 is 1.32. The second kappa shape index (κ2) is 6.24. The van der Waals surface area contributed by atoms with Crippen molar-refractivity contribution in [2.45, 2.75) is 18.9 Å². The third-order valence-corrected chi connectivity index (χ3v) is 5.08. The number of nitrogens with one attached hydrogen (secondary N) is 1. The Morgan fingerprint density at radius 3 is 2.85 bits per heavy atom. The number of alkyl halides is 2. The molecule has 134 valence electrons. The zero-order valence-corrected chi connectivity index (χ0v) is 14.6. The van der Waals surface area contributed by atoms with Crippen LogP contribution in [0.1, 0.15) is 29.0 Å². The van der Waals surface area contributed by atoms with Gasteiger partial charge in [-0.05, 0) is 30.0 Å². The zero-order valence-electron chi connectivity index (χ0n) is 13.8. The number of thiophene rings is 1. The van der Waals surface area contributed by atoms with Gasteiger partial charge in [-0.15, -0.1) is 11.3 Å². The number of aromatic nitrogens is 3. The Morgan fingerprint density at radius 2 is 2.15 bits per heavy atom. The molecule has 6 nitrogen and oxygen atoms in total. The normalized spacial score (nSPS) is 17.0. The molecule has 1 fully saturated rings. The van der Waals surface area contributed by atoms with Crippen LogP contribution in [0.2, 0.25) is 0 Å². The summed E-state index contributed by atoms with van der Waals surface area (Å²) < 4.78 is 26.8. The molecule has 26 heavy (non-hydrogen) atoms. The Balaban J connectivity index is 1.64. The average molecular weight is 375 g/mol. The van der Waals surface area contributed by atoms with Gasteiger partial charge in [-0.2, -0.15) is 0 Å². The molecule has 0 unspecified atom stereocenters. The Labute approximate surface area is 151 Å². The molecule has 1 saturated heterocycles. The largest absolute Gasteiger partial charge is 0.348 e. The van der Waals surface area contributed by atoms with E-state index in [9.17, 15) is 13.6 Å². The first-order valence-corrected chi connectivity index (χ1v) is 8.90. The van der Waals surface area contributed by atoms with Crippen LogP contribution in [0.25, 0.3) is 10.2 Å². The van der Waals surface area contributed by atoms with Crippen molar-refractivity contribution in [3.63, 3.8) is 0 Å². The molecule has 0 bridgehead atoms. The van der Waals surface area contributed by atoms with Crippen LogP contribution in [-0.2, 0) is 0 Å². The van der Waals surface area contributed by atoms with Crippen LogP contribution in [0.5, 0.6) is 0 Å². The van der Waals surface area contributed by atoms with E-state index in [1.165, 1.54) is 11.3 Å². The Hall–Kier alpha value is -2.68. The summed E-state index contributed by atoms with van der Waals surface area (Å²) in [6, 6.07) is 5.40. The molecule has 1 atom stereocenters. The van der Waals surface area contributed by atoms with Gasteiger partial charge in [-0.3, -0.25) is 9.78 Å². The van der Waals surface area contributed by atoms with Crippen molar-refractivity contribution < 1.29 is 13.6 Å². The summed E-state index contributed by atoms with van der Waals surface area (Å²) in [4.78, 5) is 26.5. The second-order valence-corrected chi connectivity index (χ2v) is 7.12. The molecule has 3 aromatic heterocycles. The van der Waals surface area contributed by atoms with Gasteiger partial charge < -0.3 is 10.2 Å². The first-order chi connectivity index (χ1) is 12.4. The van der Waals surface area contributed by atoms with Crippen LogP contribution < -0.4 is 5.32 Å². The van der Waals surface area contributed by atoms with Crippen molar-refractivity contribution >= 4 is 33.4 Å². The van der Waals surface area contributed by atoms with Crippen LogP contribution in [0, 0.1) is 0 Å². The highest BCUT2D eigenvalue weighted by Crippen LogP contribution is 2.31. The van der Waals surface area contributed by atoms with E-state index in [0.29, 0.717) is 10.2 Å². The molecule has 4 heterocycles. The molecule has 0 spiro atoms. The fourth-order valence-corrected chi connectivity index (χ4v) is 3.60. The molecule has 4 rings (SSSR count). The van der Waals surface area contributed by atoms with Gasteiger partial charge in [0.2, 0.25) is 5.95 Å². The smallest absolute Gasteiger partial charge is 0.282 e. The van der Waals surface area contributed by atoms with Crippen LogP contribution >= 0.6 is 11.3 Å². The number of hydrogen-bond donors (Lipinski definition) is 1. The van der Waals surface area contributed by atoms with Gasteiger partial charge in [0.05, 0.1) is 29.3 Å². The highest BCUT2D eigenvalue weighted by Gasteiger charge is 2.47. The van der Waals surface area contributed by atoms with Crippen LogP contribution in [0.4, 0.5) is 14.7 Å². The number of nitrogens with zero attached hydrogens (tertiary/aromatic N) is 4. The lowest BCUT2D eigenvalue weighted by Crippen LogP contribution is -2.58. The molecule has 0 aromatic carbocycles. The lowest BCUT2D eigenvalue weighted by Gasteiger charge is -2.38. The van der Waals surface area contributed by atoms with Gasteiger partial charge in [0, 0.05) is 12.4 Å². The van der Waals surface area contributed by atoms with Gasteiger partial charge in [-0.1, -0.05) is 6.07 Å². The molecule has 9 heteroatoms. The Kier molecular flexibility index (Phi) is 4.03. The molecule has 1 aliphatic heterocycles. The van der Waals surface area contributed by atoms with Crippen LogP contribution in [0.3, 0.4) is 0 Å². The standard InChI is InChI=1S/C17H15F2N5OS/c1-10(11-3-2-5-20-7-11)21-16-22-12-4-6-26-14(12)13(23-16)15(25)24-8-17(18,19)9-24/h2-7,10H,8-9H2,1H3,(H,21,22,23)/t10-/m0/s1. The van der Waals surface area contributed by atoms with E-state index in [0.717, 1.165) is 10.5 Å². The maximum atomic E-state index is 13.1. The number of amides is 1. The monoisotopic (exact) mass is 375 g/mol. The Bertz CT molecular complexity index is 954. The number of carbonyl (C=O) groups is 1. The van der Waals surface area contributed by atoms with Crippen molar-refractivity contribution in [1.82, 2.24) is 19.9 Å². The van der Waals surface area contributed by atoms with E-state index >= 15 is 0 Å². The number of hydrogen-bond acceptors (Lipinski definition) is 6. The van der Waals surface area contributed by atoms with Crippen LogP contribution in [-0.4, -0.2) is 44.8 Å². The van der Waals surface area contributed by atoms with Gasteiger partial charge >= 0.3 is 0 Å². The van der Waals surface area contributed by atoms with Crippen molar-refractivity contribution in [3.8, 4) is 0 Å². The fraction of sp³-hybridized carbons (Fsp3) is 0.294. The lowest BCUT2D eigenvalue weighted by atomic mass is 10.1. The summed E-state index contributed by atoms with van der Waals surface area (Å²) in [6.07, 6.45) is 3.42. The molecule has 1 aliphatic rings. The minimum absolute atomic E-state index is 0.129. The third kappa shape index (κ3) is 3.10. The summed E-state index contributed by atoms with van der Waals surface area (Å²) in [6.45, 7) is 0.783. The van der Waals surface area contributed by atoms with Crippen molar-refractivity contribution in [3.05, 3.63) is 47.2 Å². The molecule has 1 N–H and O–H groups in total. The Morgan fingerprint density at radius 1 is 1.35 bits per heavy atom. The van der Waals surface area contributed by atoms with E-state index < -0.39 is 24.9 Å². The number of pyridine rings is 1. The summed E-state index contributed by atoms with van der Waals surface area (Å²) in [5.74, 6) is -3.03. The van der Waals surface area contributed by atoms with Gasteiger partial charge in [-0.25, -0.2) is 18.7 Å². The first kappa shape index (κ1) is 16.8. The minimum atomic E-state index is -2.81.